The van der Waals surface area contributed by atoms with Gasteiger partial charge in [-0.1, -0.05) is 18.2 Å². The van der Waals surface area contributed by atoms with E-state index in [0.29, 0.717) is 16.8 Å². The molecule has 7 nitrogen and oxygen atoms in total. The van der Waals surface area contributed by atoms with E-state index in [2.05, 4.69) is 5.32 Å². The second-order valence-electron chi connectivity index (χ2n) is 6.47. The molecule has 1 N–H and O–H groups in total. The number of nitrogens with one attached hydrogen (secondary N) is 1. The predicted octanol–water partition coefficient (Wildman–Crippen LogP) is 2.96. The lowest BCUT2D eigenvalue weighted by molar-refractivity contribution is -0.385. The first kappa shape index (κ1) is 17.1. The molecule has 0 bridgehead atoms. The van der Waals surface area contributed by atoms with E-state index < -0.39 is 16.8 Å². The summed E-state index contributed by atoms with van der Waals surface area (Å²) in [4.78, 5) is 35.6. The molecule has 2 aliphatic rings. The van der Waals surface area contributed by atoms with Crippen molar-refractivity contribution < 1.29 is 19.2 Å². The van der Waals surface area contributed by atoms with E-state index >= 15 is 0 Å². The first-order valence-corrected chi connectivity index (χ1v) is 8.42. The fourth-order valence-electron chi connectivity index (χ4n) is 3.61. The van der Waals surface area contributed by atoms with E-state index in [-0.39, 0.29) is 24.1 Å². The van der Waals surface area contributed by atoms with Gasteiger partial charge in [0.25, 0.3) is 5.69 Å². The summed E-state index contributed by atoms with van der Waals surface area (Å²) in [6.45, 7) is 1.63. The maximum absolute atomic E-state index is 12.7. The van der Waals surface area contributed by atoms with Gasteiger partial charge in [0.15, 0.2) is 0 Å². The number of para-hydroxylation sites is 1. The third-order valence-corrected chi connectivity index (χ3v) is 4.77. The first-order valence-electron chi connectivity index (χ1n) is 8.42. The molecule has 1 fully saturated rings. The molecule has 1 aromatic rings. The molecule has 0 unspecified atom stereocenters. The highest BCUT2D eigenvalue weighted by Crippen LogP contribution is 2.38. The van der Waals surface area contributed by atoms with Crippen LogP contribution in [0.25, 0.3) is 0 Å². The smallest absolute Gasteiger partial charge is 0.336 e. The number of carbonyl (C=O) groups excluding carboxylic acids is 2. The number of allylic oxidation sites excluding steroid dienone is 1. The molecule has 1 amide bonds. The summed E-state index contributed by atoms with van der Waals surface area (Å²) in [5.41, 5.74) is 0.976. The zero-order valence-electron chi connectivity index (χ0n) is 14.0. The van der Waals surface area contributed by atoms with Crippen LogP contribution in [-0.4, -0.2) is 22.9 Å². The number of carbonyl (C=O) groups is 2. The van der Waals surface area contributed by atoms with Crippen LogP contribution in [0, 0.1) is 10.1 Å². The highest BCUT2D eigenvalue weighted by Gasteiger charge is 2.37. The van der Waals surface area contributed by atoms with Crippen LogP contribution >= 0.6 is 0 Å². The van der Waals surface area contributed by atoms with Gasteiger partial charge in [0.05, 0.1) is 10.5 Å². The number of benzene rings is 1. The van der Waals surface area contributed by atoms with Gasteiger partial charge in [-0.25, -0.2) is 4.79 Å². The SMILES string of the molecule is CC1=C(C(=O)OC2CCCC2)[C@@H](c2ccccc2[N+](=O)[O-])CC(=O)N1. The van der Waals surface area contributed by atoms with E-state index in [1.807, 2.05) is 0 Å². The van der Waals surface area contributed by atoms with Crippen LogP contribution in [0.5, 0.6) is 0 Å². The van der Waals surface area contributed by atoms with Gasteiger partial charge in [-0.2, -0.15) is 0 Å². The topological polar surface area (TPSA) is 98.5 Å². The molecule has 132 valence electrons. The minimum Gasteiger partial charge on any atom is -0.459 e. The summed E-state index contributed by atoms with van der Waals surface area (Å²) in [7, 11) is 0. The van der Waals surface area contributed by atoms with E-state index in [4.69, 9.17) is 4.74 Å². The Kier molecular flexibility index (Phi) is 4.83. The number of hydrogen-bond donors (Lipinski definition) is 1. The Hall–Kier alpha value is -2.70. The van der Waals surface area contributed by atoms with E-state index in [0.717, 1.165) is 25.7 Å². The van der Waals surface area contributed by atoms with Crippen molar-refractivity contribution in [3.8, 4) is 0 Å². The Bertz CT molecular complexity index is 750. The van der Waals surface area contributed by atoms with Crippen LogP contribution in [0.15, 0.2) is 35.5 Å². The summed E-state index contributed by atoms with van der Waals surface area (Å²) in [6, 6.07) is 6.22. The summed E-state index contributed by atoms with van der Waals surface area (Å²) in [6.07, 6.45) is 3.59. The van der Waals surface area contributed by atoms with Crippen molar-refractivity contribution in [2.45, 2.75) is 51.0 Å². The Balaban J connectivity index is 1.98. The molecular weight excluding hydrogens is 324 g/mol. The summed E-state index contributed by atoms with van der Waals surface area (Å²) in [5.74, 6) is -1.44. The van der Waals surface area contributed by atoms with Crippen molar-refractivity contribution in [1.29, 1.82) is 0 Å². The van der Waals surface area contributed by atoms with E-state index in [1.165, 1.54) is 6.07 Å². The second-order valence-corrected chi connectivity index (χ2v) is 6.47. The number of nitro benzene ring substituents is 1. The Morgan fingerprint density at radius 1 is 1.28 bits per heavy atom. The molecule has 7 heteroatoms. The second kappa shape index (κ2) is 7.04. The van der Waals surface area contributed by atoms with Gasteiger partial charge in [-0.15, -0.1) is 0 Å². The van der Waals surface area contributed by atoms with Gasteiger partial charge >= 0.3 is 5.97 Å². The molecule has 0 aromatic heterocycles. The third-order valence-electron chi connectivity index (χ3n) is 4.77. The normalized spacial score (nSPS) is 21.2. The maximum Gasteiger partial charge on any atom is 0.336 e. The molecule has 25 heavy (non-hydrogen) atoms. The third kappa shape index (κ3) is 3.55. The number of nitro groups is 1. The number of rotatable bonds is 4. The van der Waals surface area contributed by atoms with E-state index in [1.54, 1.807) is 25.1 Å². The van der Waals surface area contributed by atoms with Crippen molar-refractivity contribution in [3.63, 3.8) is 0 Å². The summed E-state index contributed by atoms with van der Waals surface area (Å²) >= 11 is 0. The summed E-state index contributed by atoms with van der Waals surface area (Å²) in [5, 5.41) is 14.0. The van der Waals surface area contributed by atoms with Crippen LogP contribution in [0.2, 0.25) is 0 Å². The standard InChI is InChI=1S/C18H20N2O5/c1-11-17(18(22)25-12-6-2-3-7-12)14(10-16(21)19-11)13-8-4-5-9-15(13)20(23)24/h4-5,8-9,12,14H,2-3,6-7,10H2,1H3,(H,19,21)/t14-/m1/s1. The lowest BCUT2D eigenvalue weighted by Crippen LogP contribution is -2.35. The average molecular weight is 344 g/mol. The molecule has 0 saturated heterocycles. The largest absolute Gasteiger partial charge is 0.459 e. The quantitative estimate of drug-likeness (QED) is 0.514. The van der Waals surface area contributed by atoms with Crippen molar-refractivity contribution >= 4 is 17.6 Å². The highest BCUT2D eigenvalue weighted by molar-refractivity contribution is 5.96. The molecule has 0 spiro atoms. The Morgan fingerprint density at radius 2 is 1.96 bits per heavy atom. The van der Waals surface area contributed by atoms with Crippen LogP contribution in [0.3, 0.4) is 0 Å². The minimum atomic E-state index is -0.677. The zero-order chi connectivity index (χ0) is 18.0. The lowest BCUT2D eigenvalue weighted by atomic mass is 9.83. The van der Waals surface area contributed by atoms with Crippen LogP contribution in [-0.2, 0) is 14.3 Å². The fourth-order valence-corrected chi connectivity index (χ4v) is 3.61. The van der Waals surface area contributed by atoms with Crippen molar-refractivity contribution in [1.82, 2.24) is 5.32 Å². The van der Waals surface area contributed by atoms with Crippen LogP contribution in [0.4, 0.5) is 5.69 Å². The number of amides is 1. The number of hydrogen-bond acceptors (Lipinski definition) is 5. The molecule has 1 heterocycles. The minimum absolute atomic E-state index is 0.0166. The lowest BCUT2D eigenvalue weighted by Gasteiger charge is -2.27. The number of esters is 1. The van der Waals surface area contributed by atoms with Crippen LogP contribution < -0.4 is 5.32 Å². The number of ether oxygens (including phenoxy) is 1. The average Bonchev–Trinajstić information content (AvgIpc) is 3.06. The molecule has 1 atom stereocenters. The zero-order valence-corrected chi connectivity index (χ0v) is 14.0. The molecule has 1 aromatic carbocycles. The Morgan fingerprint density at radius 3 is 2.64 bits per heavy atom. The molecule has 0 radical (unpaired) electrons. The summed E-state index contributed by atoms with van der Waals surface area (Å²) < 4.78 is 5.59. The predicted molar refractivity (Wildman–Crippen MR) is 89.6 cm³/mol. The highest BCUT2D eigenvalue weighted by atomic mass is 16.6. The van der Waals surface area contributed by atoms with Gasteiger partial charge in [0.1, 0.15) is 6.10 Å². The van der Waals surface area contributed by atoms with Gasteiger partial charge in [-0.3, -0.25) is 14.9 Å². The van der Waals surface area contributed by atoms with Gasteiger partial charge in [0, 0.05) is 29.7 Å². The number of nitrogens with zero attached hydrogens (tertiary/aromatic N) is 1. The van der Waals surface area contributed by atoms with Crippen molar-refractivity contribution in [2.75, 3.05) is 0 Å². The van der Waals surface area contributed by atoms with Crippen LogP contribution in [0.1, 0.15) is 50.5 Å². The molecular formula is C18H20N2O5. The van der Waals surface area contributed by atoms with Crippen molar-refractivity contribution in [2.24, 2.45) is 0 Å². The Labute approximate surface area is 145 Å². The molecule has 1 saturated carbocycles. The van der Waals surface area contributed by atoms with Crippen molar-refractivity contribution in [3.05, 3.63) is 51.2 Å². The van der Waals surface area contributed by atoms with Gasteiger partial charge in [-0.05, 0) is 32.6 Å². The first-order chi connectivity index (χ1) is 12.0. The van der Waals surface area contributed by atoms with Gasteiger partial charge < -0.3 is 10.1 Å². The molecule has 1 aliphatic heterocycles. The maximum atomic E-state index is 12.7. The molecule has 3 rings (SSSR count). The van der Waals surface area contributed by atoms with E-state index in [9.17, 15) is 19.7 Å². The van der Waals surface area contributed by atoms with Gasteiger partial charge in [0.2, 0.25) is 5.91 Å². The monoisotopic (exact) mass is 344 g/mol. The molecule has 1 aliphatic carbocycles. The fraction of sp³-hybridized carbons (Fsp3) is 0.444.